The first-order valence-electron chi connectivity index (χ1n) is 10.7. The molecule has 1 N–H and O–H groups in total. The van der Waals surface area contributed by atoms with E-state index >= 15 is 0 Å². The zero-order valence-corrected chi connectivity index (χ0v) is 18.7. The first kappa shape index (κ1) is 21.7. The molecule has 9 heteroatoms. The van der Waals surface area contributed by atoms with Crippen LogP contribution in [0.15, 0.2) is 28.8 Å². The normalized spacial score (nSPS) is 22.4. The molecule has 1 aromatic carbocycles. The smallest absolute Gasteiger partial charge is 0.246 e. The van der Waals surface area contributed by atoms with E-state index in [9.17, 15) is 9.59 Å². The Labute approximate surface area is 186 Å². The van der Waals surface area contributed by atoms with Gasteiger partial charge in [-0.05, 0) is 25.8 Å². The van der Waals surface area contributed by atoms with Crippen molar-refractivity contribution >= 4 is 23.6 Å². The molecule has 1 saturated carbocycles. The van der Waals surface area contributed by atoms with Crippen molar-refractivity contribution in [2.75, 3.05) is 12.9 Å². The first-order valence-corrected chi connectivity index (χ1v) is 11.8. The van der Waals surface area contributed by atoms with Crippen molar-refractivity contribution in [1.29, 1.82) is 0 Å². The highest BCUT2D eigenvalue weighted by atomic mass is 32.2. The van der Waals surface area contributed by atoms with Crippen molar-refractivity contribution in [2.24, 2.45) is 0 Å². The molecule has 1 aliphatic heterocycles. The molecule has 2 heterocycles. The van der Waals surface area contributed by atoms with Gasteiger partial charge in [-0.25, -0.2) is 0 Å². The standard InChI is InChI=1S/C22H28N4O4S/c1-14-24-18(30-25-14)12-23-22(28)21-20(16-10-6-7-11-17(16)29-2)26(19(27)13-31-21)15-8-4-3-5-9-15/h6-7,10-11,15,20-21H,3-5,8-9,12-13H2,1-2H3,(H,23,28). The number of aryl methyl sites for hydroxylation is 1. The molecule has 1 aliphatic carbocycles. The summed E-state index contributed by atoms with van der Waals surface area (Å²) in [5.41, 5.74) is 0.866. The molecule has 2 fully saturated rings. The minimum atomic E-state index is -0.458. The zero-order chi connectivity index (χ0) is 21.8. The maximum atomic E-state index is 13.3. The van der Waals surface area contributed by atoms with Gasteiger partial charge in [-0.1, -0.05) is 42.6 Å². The SMILES string of the molecule is COc1ccccc1C1C(C(=O)NCc2nc(C)no2)SCC(=O)N1C1CCCCC1. The van der Waals surface area contributed by atoms with Crippen LogP contribution < -0.4 is 10.1 Å². The summed E-state index contributed by atoms with van der Waals surface area (Å²) in [5.74, 6) is 1.81. The van der Waals surface area contributed by atoms with Gasteiger partial charge in [-0.15, -0.1) is 11.8 Å². The number of thioether (sulfide) groups is 1. The number of methoxy groups -OCH3 is 1. The molecule has 0 radical (unpaired) electrons. The van der Waals surface area contributed by atoms with Crippen LogP contribution in [0.25, 0.3) is 0 Å². The van der Waals surface area contributed by atoms with Gasteiger partial charge in [-0.3, -0.25) is 9.59 Å². The lowest BCUT2D eigenvalue weighted by Gasteiger charge is -2.46. The minimum absolute atomic E-state index is 0.0874. The fraction of sp³-hybridized carbons (Fsp3) is 0.545. The Kier molecular flexibility index (Phi) is 6.80. The minimum Gasteiger partial charge on any atom is -0.496 e. The van der Waals surface area contributed by atoms with Crippen molar-refractivity contribution in [1.82, 2.24) is 20.4 Å². The van der Waals surface area contributed by atoms with E-state index < -0.39 is 11.3 Å². The highest BCUT2D eigenvalue weighted by Gasteiger charge is 2.45. The van der Waals surface area contributed by atoms with Gasteiger partial charge in [0.1, 0.15) is 11.0 Å². The lowest BCUT2D eigenvalue weighted by atomic mass is 9.90. The van der Waals surface area contributed by atoms with Crippen LogP contribution in [0.4, 0.5) is 0 Å². The number of nitrogens with one attached hydrogen (secondary N) is 1. The number of ether oxygens (including phenoxy) is 1. The van der Waals surface area contributed by atoms with Gasteiger partial charge >= 0.3 is 0 Å². The molecule has 0 spiro atoms. The van der Waals surface area contributed by atoms with Crippen LogP contribution in [0.2, 0.25) is 0 Å². The van der Waals surface area contributed by atoms with Crippen molar-refractivity contribution < 1.29 is 18.8 Å². The van der Waals surface area contributed by atoms with Crippen LogP contribution in [0.3, 0.4) is 0 Å². The molecule has 2 aromatic rings. The Hall–Kier alpha value is -2.55. The summed E-state index contributed by atoms with van der Waals surface area (Å²) in [5, 5.41) is 6.23. The fourth-order valence-electron chi connectivity index (χ4n) is 4.54. The highest BCUT2D eigenvalue weighted by molar-refractivity contribution is 8.01. The number of carbonyl (C=O) groups excluding carboxylic acids is 2. The van der Waals surface area contributed by atoms with Crippen LogP contribution in [0.5, 0.6) is 5.75 Å². The molecule has 0 bridgehead atoms. The van der Waals surface area contributed by atoms with Gasteiger partial charge in [0.15, 0.2) is 5.82 Å². The van der Waals surface area contributed by atoms with Crippen molar-refractivity contribution in [3.63, 3.8) is 0 Å². The van der Waals surface area contributed by atoms with Crippen LogP contribution in [0, 0.1) is 6.92 Å². The van der Waals surface area contributed by atoms with Gasteiger partial charge in [0.25, 0.3) is 0 Å². The Morgan fingerprint density at radius 1 is 1.29 bits per heavy atom. The molecule has 4 rings (SSSR count). The van der Waals surface area contributed by atoms with Crippen molar-refractivity contribution in [2.45, 2.75) is 62.9 Å². The summed E-state index contributed by atoms with van der Waals surface area (Å²) in [7, 11) is 1.62. The Bertz CT molecular complexity index is 928. The number of amides is 2. The van der Waals surface area contributed by atoms with Gasteiger partial charge in [-0.2, -0.15) is 4.98 Å². The number of para-hydroxylation sites is 1. The summed E-state index contributed by atoms with van der Waals surface area (Å²) < 4.78 is 10.7. The molecule has 1 saturated heterocycles. The summed E-state index contributed by atoms with van der Waals surface area (Å²) in [6, 6.07) is 7.42. The number of hydrogen-bond donors (Lipinski definition) is 1. The van der Waals surface area contributed by atoms with Crippen molar-refractivity contribution in [3.05, 3.63) is 41.5 Å². The van der Waals surface area contributed by atoms with Crippen LogP contribution in [-0.4, -0.2) is 51.0 Å². The second-order valence-electron chi connectivity index (χ2n) is 7.96. The molecular weight excluding hydrogens is 416 g/mol. The Morgan fingerprint density at radius 3 is 2.77 bits per heavy atom. The quantitative estimate of drug-likeness (QED) is 0.731. The Balaban J connectivity index is 1.64. The average molecular weight is 445 g/mol. The largest absolute Gasteiger partial charge is 0.496 e. The second kappa shape index (κ2) is 9.72. The van der Waals surface area contributed by atoms with Gasteiger partial charge in [0.2, 0.25) is 17.7 Å². The van der Waals surface area contributed by atoms with Gasteiger partial charge < -0.3 is 19.5 Å². The highest BCUT2D eigenvalue weighted by Crippen LogP contribution is 2.43. The third-order valence-corrected chi connectivity index (χ3v) is 7.17. The monoisotopic (exact) mass is 444 g/mol. The second-order valence-corrected chi connectivity index (χ2v) is 9.09. The number of aromatic nitrogens is 2. The van der Waals surface area contributed by atoms with E-state index in [0.717, 1.165) is 31.2 Å². The van der Waals surface area contributed by atoms with E-state index in [1.54, 1.807) is 14.0 Å². The lowest BCUT2D eigenvalue weighted by molar-refractivity contribution is -0.136. The summed E-state index contributed by atoms with van der Waals surface area (Å²) in [6.07, 6.45) is 5.34. The molecule has 2 atom stereocenters. The van der Waals surface area contributed by atoms with E-state index in [4.69, 9.17) is 9.26 Å². The maximum absolute atomic E-state index is 13.3. The van der Waals surface area contributed by atoms with E-state index in [1.807, 2.05) is 29.2 Å². The molecule has 166 valence electrons. The van der Waals surface area contributed by atoms with Crippen LogP contribution in [0.1, 0.15) is 55.4 Å². The summed E-state index contributed by atoms with van der Waals surface area (Å²) in [6.45, 7) is 1.89. The average Bonchev–Trinajstić information content (AvgIpc) is 3.22. The van der Waals surface area contributed by atoms with Crippen molar-refractivity contribution in [3.8, 4) is 5.75 Å². The molecule has 2 unspecified atom stereocenters. The Morgan fingerprint density at radius 2 is 2.06 bits per heavy atom. The van der Waals surface area contributed by atoms with Gasteiger partial charge in [0.05, 0.1) is 25.4 Å². The summed E-state index contributed by atoms with van der Waals surface area (Å²) >= 11 is 1.38. The predicted molar refractivity (Wildman–Crippen MR) is 117 cm³/mol. The van der Waals surface area contributed by atoms with Crippen LogP contribution >= 0.6 is 11.8 Å². The van der Waals surface area contributed by atoms with E-state index in [2.05, 4.69) is 15.5 Å². The van der Waals surface area contributed by atoms with E-state index in [-0.39, 0.29) is 24.4 Å². The predicted octanol–water partition coefficient (Wildman–Crippen LogP) is 3.02. The first-order chi connectivity index (χ1) is 15.1. The third-order valence-electron chi connectivity index (χ3n) is 5.93. The molecule has 1 aromatic heterocycles. The molecular formula is C22H28N4O4S. The van der Waals surface area contributed by atoms with E-state index in [1.165, 1.54) is 18.2 Å². The van der Waals surface area contributed by atoms with E-state index in [0.29, 0.717) is 23.2 Å². The number of benzene rings is 1. The number of carbonyl (C=O) groups is 2. The topological polar surface area (TPSA) is 97.6 Å². The molecule has 8 nitrogen and oxygen atoms in total. The molecule has 2 aliphatic rings. The molecule has 2 amide bonds. The summed E-state index contributed by atoms with van der Waals surface area (Å²) in [4.78, 5) is 32.5. The number of hydrogen-bond acceptors (Lipinski definition) is 7. The third kappa shape index (κ3) is 4.71. The number of rotatable bonds is 6. The van der Waals surface area contributed by atoms with Gasteiger partial charge in [0, 0.05) is 11.6 Å². The fourth-order valence-corrected chi connectivity index (χ4v) is 5.70. The molecule has 31 heavy (non-hydrogen) atoms. The zero-order valence-electron chi connectivity index (χ0n) is 17.9. The lowest BCUT2D eigenvalue weighted by Crippen LogP contribution is -2.54. The maximum Gasteiger partial charge on any atom is 0.246 e. The van der Waals surface area contributed by atoms with Crippen LogP contribution in [-0.2, 0) is 16.1 Å². The number of nitrogens with zero attached hydrogens (tertiary/aromatic N) is 3.